The van der Waals surface area contributed by atoms with Crippen molar-refractivity contribution in [2.24, 2.45) is 0 Å². The summed E-state index contributed by atoms with van der Waals surface area (Å²) < 4.78 is 36.2. The van der Waals surface area contributed by atoms with Gasteiger partial charge < -0.3 is 14.7 Å². The normalized spacial score (nSPS) is 21.7. The Bertz CT molecular complexity index is 1370. The zero-order valence-corrected chi connectivity index (χ0v) is 18.7. The Morgan fingerprint density at radius 2 is 1.71 bits per heavy atom. The minimum absolute atomic E-state index is 0.0567. The van der Waals surface area contributed by atoms with Gasteiger partial charge in [-0.15, -0.1) is 0 Å². The highest BCUT2D eigenvalue weighted by Gasteiger charge is 2.48. The van der Waals surface area contributed by atoms with E-state index in [-0.39, 0.29) is 24.1 Å². The number of carbonyl (C=O) groups excluding carboxylic acids is 1. The fourth-order valence-electron chi connectivity index (χ4n) is 5.35. The monoisotopic (exact) mass is 479 g/mol. The van der Waals surface area contributed by atoms with E-state index in [9.17, 15) is 23.5 Å². The molecule has 2 atom stereocenters. The first kappa shape index (κ1) is 21.6. The van der Waals surface area contributed by atoms with Crippen molar-refractivity contribution in [3.05, 3.63) is 93.4 Å². The van der Waals surface area contributed by atoms with E-state index in [2.05, 4.69) is 0 Å². The van der Waals surface area contributed by atoms with Crippen molar-refractivity contribution in [1.29, 1.82) is 0 Å². The number of fused-ring (bicyclic) bond motifs is 4. The lowest BCUT2D eigenvalue weighted by molar-refractivity contribution is 0.0213. The topological polar surface area (TPSA) is 75.0 Å². The summed E-state index contributed by atoms with van der Waals surface area (Å²) in [7, 11) is 0. The highest BCUT2D eigenvalue weighted by atomic mass is 19.2. The molecule has 1 aromatic heterocycles. The van der Waals surface area contributed by atoms with E-state index < -0.39 is 40.9 Å². The van der Waals surface area contributed by atoms with Crippen LogP contribution in [0, 0.1) is 11.6 Å². The lowest BCUT2D eigenvalue weighted by atomic mass is 9.89. The maximum absolute atomic E-state index is 14.6. The number of aromatic hydroxyl groups is 1. The van der Waals surface area contributed by atoms with Crippen molar-refractivity contribution in [2.45, 2.75) is 43.9 Å². The molecule has 35 heavy (non-hydrogen) atoms. The molecule has 1 aliphatic carbocycles. The standard InChI is InChI=1S/C26H23F2N3O4/c27-18-13-17-21(14-19(18)28)35-12-10-22-30(16-7-4-8-16)26(34)24-25(33)20(32)9-11-29(24)31(22)23(17)15-5-2-1-3-6-15/h1-3,5-6,9,11,13-14,16,22-23,33H,4,7-8,10,12H2/t22?,23-/m1/s1. The molecule has 1 fully saturated rings. The summed E-state index contributed by atoms with van der Waals surface area (Å²) in [5, 5.41) is 12.6. The fourth-order valence-corrected chi connectivity index (χ4v) is 5.35. The van der Waals surface area contributed by atoms with E-state index in [1.807, 2.05) is 35.3 Å². The third kappa shape index (κ3) is 3.29. The minimum atomic E-state index is -1.02. The van der Waals surface area contributed by atoms with Gasteiger partial charge in [-0.2, -0.15) is 0 Å². The predicted octanol–water partition coefficient (Wildman–Crippen LogP) is 3.68. The zero-order chi connectivity index (χ0) is 24.3. The molecule has 2 aromatic carbocycles. The Hall–Kier alpha value is -3.88. The van der Waals surface area contributed by atoms with Crippen LogP contribution < -0.4 is 15.2 Å². The van der Waals surface area contributed by atoms with Crippen molar-refractivity contribution >= 4 is 5.91 Å². The van der Waals surface area contributed by atoms with Gasteiger partial charge in [-0.25, -0.2) is 8.78 Å². The summed E-state index contributed by atoms with van der Waals surface area (Å²) in [5.74, 6) is -2.88. The van der Waals surface area contributed by atoms with E-state index in [4.69, 9.17) is 4.74 Å². The highest BCUT2D eigenvalue weighted by molar-refractivity contribution is 5.96. The van der Waals surface area contributed by atoms with Gasteiger partial charge in [0, 0.05) is 36.4 Å². The van der Waals surface area contributed by atoms with E-state index in [0.29, 0.717) is 12.0 Å². The molecule has 9 heteroatoms. The molecule has 0 spiro atoms. The van der Waals surface area contributed by atoms with E-state index in [1.165, 1.54) is 16.9 Å². The third-order valence-corrected chi connectivity index (χ3v) is 7.20. The molecule has 0 radical (unpaired) electrons. The SMILES string of the molecule is O=C1c2c(O)c(=O)ccn2N2C(CCOc3cc(F)c(F)cc3[C@H]2c2ccccc2)N1C1CCC1. The summed E-state index contributed by atoms with van der Waals surface area (Å²) >= 11 is 0. The second kappa shape index (κ2) is 8.11. The number of carbonyl (C=O) groups is 1. The van der Waals surface area contributed by atoms with Gasteiger partial charge in [0.25, 0.3) is 5.91 Å². The summed E-state index contributed by atoms with van der Waals surface area (Å²) in [5.41, 5.74) is 0.345. The maximum atomic E-state index is 14.6. The Labute approximate surface area is 199 Å². The Morgan fingerprint density at radius 3 is 2.43 bits per heavy atom. The third-order valence-electron chi connectivity index (χ3n) is 7.20. The number of hydrogen-bond acceptors (Lipinski definition) is 5. The molecular formula is C26H23F2N3O4. The van der Waals surface area contributed by atoms with Crippen LogP contribution in [0.4, 0.5) is 8.78 Å². The second-order valence-corrected chi connectivity index (χ2v) is 9.13. The van der Waals surface area contributed by atoms with Crippen molar-refractivity contribution in [3.63, 3.8) is 0 Å². The van der Waals surface area contributed by atoms with Crippen LogP contribution in [0.3, 0.4) is 0 Å². The molecule has 180 valence electrons. The minimum Gasteiger partial charge on any atom is -0.502 e. The van der Waals surface area contributed by atoms with Gasteiger partial charge in [-0.05, 0) is 30.9 Å². The molecule has 1 saturated carbocycles. The van der Waals surface area contributed by atoms with Crippen molar-refractivity contribution in [3.8, 4) is 11.5 Å². The van der Waals surface area contributed by atoms with Gasteiger partial charge >= 0.3 is 0 Å². The largest absolute Gasteiger partial charge is 0.502 e. The summed E-state index contributed by atoms with van der Waals surface area (Å²) in [6, 6.07) is 11.9. The zero-order valence-electron chi connectivity index (χ0n) is 18.7. The van der Waals surface area contributed by atoms with E-state index in [0.717, 1.165) is 37.0 Å². The Balaban J connectivity index is 1.66. The van der Waals surface area contributed by atoms with Gasteiger partial charge in [-0.3, -0.25) is 19.3 Å². The number of halogens is 2. The molecule has 1 unspecified atom stereocenters. The molecule has 0 bridgehead atoms. The number of hydrogen-bond donors (Lipinski definition) is 1. The van der Waals surface area contributed by atoms with Crippen LogP contribution in [0.2, 0.25) is 0 Å². The Kier molecular flexibility index (Phi) is 5.01. The highest BCUT2D eigenvalue weighted by Crippen LogP contribution is 2.43. The van der Waals surface area contributed by atoms with Gasteiger partial charge in [0.15, 0.2) is 23.1 Å². The molecule has 3 heterocycles. The summed E-state index contributed by atoms with van der Waals surface area (Å²) in [4.78, 5) is 27.8. The van der Waals surface area contributed by atoms with Crippen LogP contribution in [0.1, 0.15) is 53.3 Å². The van der Waals surface area contributed by atoms with Gasteiger partial charge in [-0.1, -0.05) is 30.3 Å². The number of ether oxygens (including phenoxy) is 1. The number of nitrogens with zero attached hydrogens (tertiary/aromatic N) is 3. The number of amides is 1. The van der Waals surface area contributed by atoms with Gasteiger partial charge in [0.05, 0.1) is 6.61 Å². The number of aromatic nitrogens is 1. The molecule has 7 nitrogen and oxygen atoms in total. The first-order valence-corrected chi connectivity index (χ1v) is 11.7. The lowest BCUT2D eigenvalue weighted by Crippen LogP contribution is -2.66. The van der Waals surface area contributed by atoms with Gasteiger partial charge in [0.1, 0.15) is 18.0 Å². The fraction of sp³-hybridized carbons (Fsp3) is 0.308. The van der Waals surface area contributed by atoms with Crippen molar-refractivity contribution in [2.75, 3.05) is 11.6 Å². The molecule has 1 N–H and O–H groups in total. The van der Waals surface area contributed by atoms with E-state index in [1.54, 1.807) is 4.90 Å². The first-order valence-electron chi connectivity index (χ1n) is 11.7. The molecule has 2 aliphatic heterocycles. The number of pyridine rings is 1. The molecule has 3 aliphatic rings. The molecule has 3 aromatic rings. The van der Waals surface area contributed by atoms with Crippen LogP contribution in [0.25, 0.3) is 0 Å². The van der Waals surface area contributed by atoms with Crippen LogP contribution in [-0.4, -0.2) is 39.4 Å². The molecule has 1 amide bonds. The summed E-state index contributed by atoms with van der Waals surface area (Å²) in [6.07, 6.45) is 3.92. The average molecular weight is 479 g/mol. The molecule has 6 rings (SSSR count). The van der Waals surface area contributed by atoms with E-state index >= 15 is 0 Å². The number of benzene rings is 2. The van der Waals surface area contributed by atoms with Crippen molar-refractivity contribution < 1.29 is 23.4 Å². The first-order chi connectivity index (χ1) is 17.0. The van der Waals surface area contributed by atoms with Crippen LogP contribution in [0.5, 0.6) is 11.5 Å². The molecule has 0 saturated heterocycles. The Morgan fingerprint density at radius 1 is 0.971 bits per heavy atom. The summed E-state index contributed by atoms with van der Waals surface area (Å²) in [6.45, 7) is 0.165. The number of rotatable bonds is 2. The smallest absolute Gasteiger partial charge is 0.278 e. The van der Waals surface area contributed by atoms with Crippen LogP contribution in [-0.2, 0) is 0 Å². The lowest BCUT2D eigenvalue weighted by Gasteiger charge is -2.54. The molecular weight excluding hydrogens is 456 g/mol. The second-order valence-electron chi connectivity index (χ2n) is 9.13. The quantitative estimate of drug-likeness (QED) is 0.607. The average Bonchev–Trinajstić information content (AvgIpc) is 2.81. The van der Waals surface area contributed by atoms with Crippen LogP contribution in [0.15, 0.2) is 59.5 Å². The van der Waals surface area contributed by atoms with Crippen LogP contribution >= 0.6 is 0 Å². The van der Waals surface area contributed by atoms with Crippen molar-refractivity contribution in [1.82, 2.24) is 9.58 Å². The predicted molar refractivity (Wildman–Crippen MR) is 123 cm³/mol. The van der Waals surface area contributed by atoms with Gasteiger partial charge in [0.2, 0.25) is 5.43 Å². The maximum Gasteiger partial charge on any atom is 0.278 e.